The summed E-state index contributed by atoms with van der Waals surface area (Å²) in [4.78, 5) is 11.1. The van der Waals surface area contributed by atoms with Gasteiger partial charge in [-0.05, 0) is 49.1 Å². The normalized spacial score (nSPS) is 12.3. The molecule has 0 radical (unpaired) electrons. The molecule has 0 aliphatic rings. The Bertz CT molecular complexity index is 631. The Hall–Kier alpha value is -2.07. The van der Waals surface area contributed by atoms with E-state index in [1.165, 1.54) is 5.56 Å². The van der Waals surface area contributed by atoms with E-state index in [4.69, 9.17) is 9.52 Å². The molecule has 0 saturated carbocycles. The summed E-state index contributed by atoms with van der Waals surface area (Å²) in [5, 5.41) is 12.4. The molecule has 1 atom stereocenters. The number of furan rings is 1. The van der Waals surface area contributed by atoms with Crippen molar-refractivity contribution in [3.63, 3.8) is 0 Å². The van der Waals surface area contributed by atoms with Gasteiger partial charge in [0.05, 0.1) is 19.2 Å². The molecule has 1 heterocycles. The van der Waals surface area contributed by atoms with E-state index >= 15 is 0 Å². The number of hydrogen-bond donors (Lipinski definition) is 2. The van der Waals surface area contributed by atoms with Crippen molar-refractivity contribution in [3.8, 4) is 0 Å². The summed E-state index contributed by atoms with van der Waals surface area (Å²) >= 11 is 0. The van der Waals surface area contributed by atoms with Gasteiger partial charge in [-0.2, -0.15) is 0 Å². The molecule has 0 amide bonds. The highest BCUT2D eigenvalue weighted by Gasteiger charge is 2.18. The van der Waals surface area contributed by atoms with E-state index in [-0.39, 0.29) is 12.5 Å². The van der Waals surface area contributed by atoms with E-state index in [2.05, 4.69) is 5.32 Å². The summed E-state index contributed by atoms with van der Waals surface area (Å²) < 4.78 is 5.40. The highest BCUT2D eigenvalue weighted by Crippen LogP contribution is 2.23. The molecule has 0 aliphatic carbocycles. The lowest BCUT2D eigenvalue weighted by molar-refractivity contribution is -0.137. The number of carbonyl (C=O) groups is 1. The Balaban J connectivity index is 2.17. The predicted octanol–water partition coefficient (Wildman–Crippen LogP) is 3.51. The molecule has 112 valence electrons. The fourth-order valence-electron chi connectivity index (χ4n) is 2.43. The lowest BCUT2D eigenvalue weighted by Gasteiger charge is -2.20. The van der Waals surface area contributed by atoms with Gasteiger partial charge in [-0.25, -0.2) is 0 Å². The number of carboxylic acid groups (broad SMARTS) is 1. The molecule has 21 heavy (non-hydrogen) atoms. The number of aliphatic carboxylic acids is 1. The lowest BCUT2D eigenvalue weighted by Crippen LogP contribution is -2.24. The van der Waals surface area contributed by atoms with Gasteiger partial charge in [-0.3, -0.25) is 4.79 Å². The molecule has 4 heteroatoms. The number of nitrogens with one attached hydrogen (secondary N) is 1. The third-order valence-corrected chi connectivity index (χ3v) is 3.71. The number of rotatable bonds is 6. The zero-order chi connectivity index (χ0) is 15.4. The molecule has 1 aromatic carbocycles. The van der Waals surface area contributed by atoms with Gasteiger partial charge < -0.3 is 14.8 Å². The minimum atomic E-state index is -0.816. The fourth-order valence-corrected chi connectivity index (χ4v) is 2.43. The van der Waals surface area contributed by atoms with E-state index in [1.807, 2.05) is 45.0 Å². The van der Waals surface area contributed by atoms with E-state index in [0.717, 1.165) is 22.5 Å². The second-order valence-electron chi connectivity index (χ2n) is 5.41. The van der Waals surface area contributed by atoms with Crippen LogP contribution in [0, 0.1) is 20.8 Å². The minimum Gasteiger partial charge on any atom is -0.481 e. The third kappa shape index (κ3) is 3.95. The van der Waals surface area contributed by atoms with E-state index < -0.39 is 5.97 Å². The lowest BCUT2D eigenvalue weighted by atomic mass is 9.95. The Labute approximate surface area is 124 Å². The van der Waals surface area contributed by atoms with Gasteiger partial charge in [-0.15, -0.1) is 0 Å². The first-order valence-electron chi connectivity index (χ1n) is 7.02. The van der Waals surface area contributed by atoms with Crippen LogP contribution in [-0.4, -0.2) is 11.1 Å². The van der Waals surface area contributed by atoms with Crippen molar-refractivity contribution in [2.24, 2.45) is 0 Å². The smallest absolute Gasteiger partial charge is 0.305 e. The zero-order valence-corrected chi connectivity index (χ0v) is 12.6. The van der Waals surface area contributed by atoms with Gasteiger partial charge in [0.2, 0.25) is 0 Å². The number of benzene rings is 1. The van der Waals surface area contributed by atoms with Gasteiger partial charge in [-0.1, -0.05) is 18.2 Å². The second-order valence-corrected chi connectivity index (χ2v) is 5.41. The molecule has 0 spiro atoms. The number of carboxylic acids is 1. The summed E-state index contributed by atoms with van der Waals surface area (Å²) in [7, 11) is 0. The van der Waals surface area contributed by atoms with Crippen LogP contribution in [-0.2, 0) is 11.3 Å². The van der Waals surface area contributed by atoms with E-state index in [0.29, 0.717) is 6.54 Å². The van der Waals surface area contributed by atoms with Crippen LogP contribution in [0.4, 0.5) is 0 Å². The molecule has 0 fully saturated rings. The first kappa shape index (κ1) is 15.3. The minimum absolute atomic E-state index is 0.0456. The number of aryl methyl sites for hydroxylation is 2. The SMILES string of the molecule is Cc1coc(CN[C@H](CC(=O)O)c2cccc(C)c2C)c1. The molecular weight excluding hydrogens is 266 g/mol. The maximum atomic E-state index is 11.1. The molecule has 2 aromatic rings. The summed E-state index contributed by atoms with van der Waals surface area (Å²) in [6.07, 6.45) is 1.74. The van der Waals surface area contributed by atoms with Crippen LogP contribution in [0.2, 0.25) is 0 Å². The molecule has 2 N–H and O–H groups in total. The highest BCUT2D eigenvalue weighted by atomic mass is 16.4. The summed E-state index contributed by atoms with van der Waals surface area (Å²) in [5.74, 6) is -0.00257. The van der Waals surface area contributed by atoms with E-state index in [9.17, 15) is 4.79 Å². The summed E-state index contributed by atoms with van der Waals surface area (Å²) in [5.41, 5.74) is 4.39. The van der Waals surface area contributed by atoms with Gasteiger partial charge in [0.1, 0.15) is 5.76 Å². The number of hydrogen-bond acceptors (Lipinski definition) is 3. The molecule has 4 nitrogen and oxygen atoms in total. The van der Waals surface area contributed by atoms with Crippen molar-refractivity contribution >= 4 is 5.97 Å². The largest absolute Gasteiger partial charge is 0.481 e. The quantitative estimate of drug-likeness (QED) is 0.853. The Morgan fingerprint density at radius 2 is 2.10 bits per heavy atom. The first-order chi connectivity index (χ1) is 9.97. The monoisotopic (exact) mass is 287 g/mol. The third-order valence-electron chi connectivity index (χ3n) is 3.71. The van der Waals surface area contributed by atoms with Crippen molar-refractivity contribution in [1.29, 1.82) is 0 Å². The fraction of sp³-hybridized carbons (Fsp3) is 0.353. The van der Waals surface area contributed by atoms with Crippen LogP contribution in [0.1, 0.15) is 40.5 Å². The predicted molar refractivity (Wildman–Crippen MR) is 81.2 cm³/mol. The van der Waals surface area contributed by atoms with Crippen LogP contribution in [0.25, 0.3) is 0 Å². The highest BCUT2D eigenvalue weighted by molar-refractivity contribution is 5.68. The van der Waals surface area contributed by atoms with Gasteiger partial charge in [0.15, 0.2) is 0 Å². The summed E-state index contributed by atoms with van der Waals surface area (Å²) in [6, 6.07) is 7.70. The van der Waals surface area contributed by atoms with Crippen LogP contribution < -0.4 is 5.32 Å². The average Bonchev–Trinajstić information content (AvgIpc) is 2.83. The Kier molecular flexibility index (Phi) is 4.81. The molecule has 0 bridgehead atoms. The average molecular weight is 287 g/mol. The van der Waals surface area contributed by atoms with Crippen molar-refractivity contribution in [2.75, 3.05) is 0 Å². The molecule has 0 unspecified atom stereocenters. The first-order valence-corrected chi connectivity index (χ1v) is 7.02. The Morgan fingerprint density at radius 3 is 2.71 bits per heavy atom. The van der Waals surface area contributed by atoms with Crippen LogP contribution in [0.5, 0.6) is 0 Å². The maximum absolute atomic E-state index is 11.1. The van der Waals surface area contributed by atoms with Crippen LogP contribution >= 0.6 is 0 Å². The molecule has 1 aromatic heterocycles. The van der Waals surface area contributed by atoms with Crippen molar-refractivity contribution in [3.05, 3.63) is 58.5 Å². The summed E-state index contributed by atoms with van der Waals surface area (Å²) in [6.45, 7) is 6.54. The van der Waals surface area contributed by atoms with Gasteiger partial charge in [0, 0.05) is 6.04 Å². The van der Waals surface area contributed by atoms with Crippen LogP contribution in [0.15, 0.2) is 34.9 Å². The Morgan fingerprint density at radius 1 is 1.33 bits per heavy atom. The van der Waals surface area contributed by atoms with E-state index in [1.54, 1.807) is 6.26 Å². The topological polar surface area (TPSA) is 62.5 Å². The standard InChI is InChI=1S/C17H21NO3/c1-11-7-14(21-10-11)9-18-16(8-17(19)20)15-6-4-5-12(2)13(15)3/h4-7,10,16,18H,8-9H2,1-3H3,(H,19,20)/t16-/m1/s1. The van der Waals surface area contributed by atoms with Crippen molar-refractivity contribution < 1.29 is 14.3 Å². The maximum Gasteiger partial charge on any atom is 0.305 e. The second kappa shape index (κ2) is 6.59. The zero-order valence-electron chi connectivity index (χ0n) is 12.6. The van der Waals surface area contributed by atoms with Crippen LogP contribution in [0.3, 0.4) is 0 Å². The molecular formula is C17H21NO3. The van der Waals surface area contributed by atoms with Crippen molar-refractivity contribution in [2.45, 2.75) is 39.8 Å². The van der Waals surface area contributed by atoms with Gasteiger partial charge in [0.25, 0.3) is 0 Å². The van der Waals surface area contributed by atoms with Crippen molar-refractivity contribution in [1.82, 2.24) is 5.32 Å². The molecule has 0 saturated heterocycles. The van der Waals surface area contributed by atoms with Gasteiger partial charge >= 0.3 is 5.97 Å². The molecule has 2 rings (SSSR count). The molecule has 0 aliphatic heterocycles.